The van der Waals surface area contributed by atoms with E-state index in [1.54, 1.807) is 11.2 Å². The number of carbonyl (C=O) groups is 1. The van der Waals surface area contributed by atoms with Gasteiger partial charge in [-0.3, -0.25) is 4.79 Å². The second-order valence-electron chi connectivity index (χ2n) is 5.28. The van der Waals surface area contributed by atoms with E-state index < -0.39 is 6.04 Å². The highest BCUT2D eigenvalue weighted by Gasteiger charge is 2.30. The lowest BCUT2D eigenvalue weighted by atomic mass is 9.86. The molecule has 1 aromatic rings. The summed E-state index contributed by atoms with van der Waals surface area (Å²) in [6.45, 7) is 8.95. The van der Waals surface area contributed by atoms with Crippen molar-refractivity contribution in [2.45, 2.75) is 40.3 Å². The molecule has 4 heteroatoms. The van der Waals surface area contributed by atoms with Gasteiger partial charge in [-0.15, -0.1) is 0 Å². The standard InChI is InChI=1S/C13H22N2O2/c1-5-15(9-10-7-6-8-17-10)12(16)11(14)13(2,3)4/h6-8,11H,5,9,14H2,1-4H3/t11-/m0/s1. The van der Waals surface area contributed by atoms with Gasteiger partial charge in [0.05, 0.1) is 18.8 Å². The normalized spacial score (nSPS) is 13.5. The molecule has 0 aliphatic heterocycles. The van der Waals surface area contributed by atoms with Gasteiger partial charge in [0.2, 0.25) is 5.91 Å². The zero-order valence-electron chi connectivity index (χ0n) is 11.1. The molecule has 1 aromatic heterocycles. The Hall–Kier alpha value is -1.29. The van der Waals surface area contributed by atoms with Gasteiger partial charge in [0, 0.05) is 6.54 Å². The molecule has 1 atom stereocenters. The fourth-order valence-electron chi connectivity index (χ4n) is 1.50. The van der Waals surface area contributed by atoms with Crippen LogP contribution >= 0.6 is 0 Å². The molecule has 0 spiro atoms. The fraction of sp³-hybridized carbons (Fsp3) is 0.615. The molecular formula is C13H22N2O2. The summed E-state index contributed by atoms with van der Waals surface area (Å²) in [5.41, 5.74) is 5.75. The monoisotopic (exact) mass is 238 g/mol. The lowest BCUT2D eigenvalue weighted by Crippen LogP contribution is -2.50. The molecule has 0 saturated heterocycles. The number of rotatable bonds is 4. The summed E-state index contributed by atoms with van der Waals surface area (Å²) < 4.78 is 5.25. The first-order valence-corrected chi connectivity index (χ1v) is 5.93. The van der Waals surface area contributed by atoms with Crippen molar-refractivity contribution in [2.24, 2.45) is 11.1 Å². The highest BCUT2D eigenvalue weighted by atomic mass is 16.3. The number of nitrogens with zero attached hydrogens (tertiary/aromatic N) is 1. The average molecular weight is 238 g/mol. The molecule has 1 amide bonds. The molecule has 2 N–H and O–H groups in total. The van der Waals surface area contributed by atoms with E-state index in [0.717, 1.165) is 5.76 Å². The maximum atomic E-state index is 12.2. The van der Waals surface area contributed by atoms with Crippen LogP contribution in [0.4, 0.5) is 0 Å². The number of hydrogen-bond acceptors (Lipinski definition) is 3. The number of likely N-dealkylation sites (N-methyl/N-ethyl adjacent to an activating group) is 1. The second-order valence-corrected chi connectivity index (χ2v) is 5.28. The summed E-state index contributed by atoms with van der Waals surface area (Å²) in [7, 11) is 0. The molecule has 1 rings (SSSR count). The van der Waals surface area contributed by atoms with Crippen molar-refractivity contribution in [1.29, 1.82) is 0 Å². The Labute approximate surface area is 103 Å². The Morgan fingerprint density at radius 3 is 2.59 bits per heavy atom. The van der Waals surface area contributed by atoms with Crippen molar-refractivity contribution >= 4 is 5.91 Å². The van der Waals surface area contributed by atoms with E-state index in [1.165, 1.54) is 0 Å². The Morgan fingerprint density at radius 2 is 2.18 bits per heavy atom. The third kappa shape index (κ3) is 3.60. The van der Waals surface area contributed by atoms with E-state index in [-0.39, 0.29) is 11.3 Å². The number of furan rings is 1. The zero-order valence-corrected chi connectivity index (χ0v) is 11.1. The van der Waals surface area contributed by atoms with Gasteiger partial charge in [0.15, 0.2) is 0 Å². The van der Waals surface area contributed by atoms with Crippen LogP contribution in [0.3, 0.4) is 0 Å². The quantitative estimate of drug-likeness (QED) is 0.872. The van der Waals surface area contributed by atoms with Crippen molar-refractivity contribution in [1.82, 2.24) is 4.90 Å². The summed E-state index contributed by atoms with van der Waals surface area (Å²) in [6.07, 6.45) is 1.61. The number of amides is 1. The second kappa shape index (κ2) is 5.36. The molecule has 4 nitrogen and oxygen atoms in total. The Morgan fingerprint density at radius 1 is 1.53 bits per heavy atom. The topological polar surface area (TPSA) is 59.5 Å². The molecule has 0 radical (unpaired) electrons. The predicted molar refractivity (Wildman–Crippen MR) is 67.2 cm³/mol. The predicted octanol–water partition coefficient (Wildman–Crippen LogP) is 2.00. The molecule has 1 heterocycles. The summed E-state index contributed by atoms with van der Waals surface area (Å²) >= 11 is 0. The van der Waals surface area contributed by atoms with Gasteiger partial charge < -0.3 is 15.1 Å². The van der Waals surface area contributed by atoms with Crippen LogP contribution in [0.2, 0.25) is 0 Å². The van der Waals surface area contributed by atoms with Crippen molar-refractivity contribution < 1.29 is 9.21 Å². The molecule has 0 aliphatic rings. The van der Waals surface area contributed by atoms with E-state index in [0.29, 0.717) is 13.1 Å². The number of nitrogens with two attached hydrogens (primary N) is 1. The molecular weight excluding hydrogens is 216 g/mol. The van der Waals surface area contributed by atoms with E-state index in [4.69, 9.17) is 10.2 Å². The van der Waals surface area contributed by atoms with Crippen LogP contribution in [0, 0.1) is 5.41 Å². The van der Waals surface area contributed by atoms with Crippen LogP contribution in [0.5, 0.6) is 0 Å². The fourth-order valence-corrected chi connectivity index (χ4v) is 1.50. The third-order valence-electron chi connectivity index (χ3n) is 2.82. The van der Waals surface area contributed by atoms with Gasteiger partial charge in [0.25, 0.3) is 0 Å². The van der Waals surface area contributed by atoms with Gasteiger partial charge in [-0.2, -0.15) is 0 Å². The molecule has 96 valence electrons. The zero-order chi connectivity index (χ0) is 13.1. The van der Waals surface area contributed by atoms with Gasteiger partial charge in [-0.1, -0.05) is 20.8 Å². The lowest BCUT2D eigenvalue weighted by Gasteiger charge is -2.31. The van der Waals surface area contributed by atoms with Crippen molar-refractivity contribution in [3.8, 4) is 0 Å². The van der Waals surface area contributed by atoms with Gasteiger partial charge in [-0.25, -0.2) is 0 Å². The summed E-state index contributed by atoms with van der Waals surface area (Å²) in [5.74, 6) is 0.748. The van der Waals surface area contributed by atoms with Gasteiger partial charge in [-0.05, 0) is 24.5 Å². The highest BCUT2D eigenvalue weighted by molar-refractivity contribution is 5.82. The molecule has 0 fully saturated rings. The SMILES string of the molecule is CCN(Cc1ccco1)C(=O)[C@H](N)C(C)(C)C. The van der Waals surface area contributed by atoms with Crippen LogP contribution in [0.1, 0.15) is 33.5 Å². The smallest absolute Gasteiger partial charge is 0.240 e. The molecule has 0 bridgehead atoms. The Balaban J connectivity index is 2.71. The van der Waals surface area contributed by atoms with Crippen LogP contribution in [0.25, 0.3) is 0 Å². The van der Waals surface area contributed by atoms with E-state index in [9.17, 15) is 4.79 Å². The molecule has 0 unspecified atom stereocenters. The molecule has 0 saturated carbocycles. The van der Waals surface area contributed by atoms with E-state index >= 15 is 0 Å². The Kier molecular flexibility index (Phi) is 4.34. The Bertz CT molecular complexity index is 352. The van der Waals surface area contributed by atoms with Crippen molar-refractivity contribution in [3.63, 3.8) is 0 Å². The van der Waals surface area contributed by atoms with Crippen LogP contribution < -0.4 is 5.73 Å². The van der Waals surface area contributed by atoms with Crippen molar-refractivity contribution in [2.75, 3.05) is 6.54 Å². The minimum Gasteiger partial charge on any atom is -0.467 e. The summed E-state index contributed by atoms with van der Waals surface area (Å²) in [4.78, 5) is 13.9. The average Bonchev–Trinajstić information content (AvgIpc) is 2.75. The molecule has 0 aliphatic carbocycles. The first kappa shape index (κ1) is 13.8. The van der Waals surface area contributed by atoms with E-state index in [1.807, 2.05) is 39.8 Å². The summed E-state index contributed by atoms with van der Waals surface area (Å²) in [6, 6.07) is 3.19. The first-order chi connectivity index (χ1) is 7.86. The molecule has 17 heavy (non-hydrogen) atoms. The maximum absolute atomic E-state index is 12.2. The number of hydrogen-bond donors (Lipinski definition) is 1. The number of carbonyl (C=O) groups excluding carboxylic acids is 1. The molecule has 0 aromatic carbocycles. The first-order valence-electron chi connectivity index (χ1n) is 5.93. The van der Waals surface area contributed by atoms with Gasteiger partial charge >= 0.3 is 0 Å². The maximum Gasteiger partial charge on any atom is 0.240 e. The largest absolute Gasteiger partial charge is 0.467 e. The minimum atomic E-state index is -0.489. The third-order valence-corrected chi connectivity index (χ3v) is 2.82. The summed E-state index contributed by atoms with van der Waals surface area (Å²) in [5, 5.41) is 0. The van der Waals surface area contributed by atoms with Gasteiger partial charge in [0.1, 0.15) is 5.76 Å². The minimum absolute atomic E-state index is 0.0311. The van der Waals surface area contributed by atoms with E-state index in [2.05, 4.69) is 0 Å². The van der Waals surface area contributed by atoms with Crippen LogP contribution in [-0.4, -0.2) is 23.4 Å². The van der Waals surface area contributed by atoms with Crippen LogP contribution in [0.15, 0.2) is 22.8 Å². The lowest BCUT2D eigenvalue weighted by molar-refractivity contribution is -0.135. The van der Waals surface area contributed by atoms with Crippen molar-refractivity contribution in [3.05, 3.63) is 24.2 Å². The highest BCUT2D eigenvalue weighted by Crippen LogP contribution is 2.20. The van der Waals surface area contributed by atoms with Crippen LogP contribution in [-0.2, 0) is 11.3 Å².